The van der Waals surface area contributed by atoms with Crippen LogP contribution in [0.5, 0.6) is 0 Å². The average molecular weight is 309 g/mol. The van der Waals surface area contributed by atoms with Crippen molar-refractivity contribution >= 4 is 40.0 Å². The number of anilines is 1. The first-order valence-electron chi connectivity index (χ1n) is 6.12. The van der Waals surface area contributed by atoms with Gasteiger partial charge in [-0.15, -0.1) is 22.7 Å². The molecule has 0 aliphatic heterocycles. The third-order valence-corrected chi connectivity index (χ3v) is 4.18. The van der Waals surface area contributed by atoms with E-state index in [2.05, 4.69) is 15.5 Å². The Morgan fingerprint density at radius 2 is 2.40 bits per heavy atom. The zero-order valence-electron chi connectivity index (χ0n) is 11.3. The third kappa shape index (κ3) is 4.14. The lowest BCUT2D eigenvalue weighted by Gasteiger charge is -1.98. The maximum absolute atomic E-state index is 11.3. The van der Waals surface area contributed by atoms with Crippen LogP contribution >= 0.6 is 22.7 Å². The van der Waals surface area contributed by atoms with E-state index in [0.29, 0.717) is 17.4 Å². The normalized spacial score (nSPS) is 10.9. The molecule has 0 saturated carbocycles. The molecule has 0 aliphatic carbocycles. The van der Waals surface area contributed by atoms with E-state index in [0.717, 1.165) is 4.88 Å². The highest BCUT2D eigenvalue weighted by molar-refractivity contribution is 7.13. The summed E-state index contributed by atoms with van der Waals surface area (Å²) in [6.45, 7) is 4.21. The maximum Gasteiger partial charge on any atom is 0.311 e. The van der Waals surface area contributed by atoms with Crippen LogP contribution in [-0.2, 0) is 16.0 Å². The van der Waals surface area contributed by atoms with Gasteiger partial charge in [-0.25, -0.2) is 4.98 Å². The largest absolute Gasteiger partial charge is 0.466 e. The van der Waals surface area contributed by atoms with E-state index in [4.69, 9.17) is 4.74 Å². The highest BCUT2D eigenvalue weighted by Gasteiger charge is 2.07. The first-order valence-corrected chi connectivity index (χ1v) is 7.88. The number of carbonyl (C=O) groups excluding carboxylic acids is 1. The highest BCUT2D eigenvalue weighted by Crippen LogP contribution is 2.17. The van der Waals surface area contributed by atoms with E-state index in [9.17, 15) is 4.79 Å². The number of nitrogens with one attached hydrogen (secondary N) is 1. The molecule has 1 N–H and O–H groups in total. The number of nitrogens with zero attached hydrogens (tertiary/aromatic N) is 2. The van der Waals surface area contributed by atoms with Gasteiger partial charge in [0.05, 0.1) is 24.9 Å². The Hall–Kier alpha value is -1.73. The van der Waals surface area contributed by atoms with E-state index in [-0.39, 0.29) is 12.4 Å². The Labute approximate surface area is 125 Å². The SMILES string of the molecule is CCOC(=O)Cc1csc(N/N=C\c2sccc2C)n1. The quantitative estimate of drug-likeness (QED) is 0.506. The number of hydrogen-bond donors (Lipinski definition) is 1. The lowest BCUT2D eigenvalue weighted by Crippen LogP contribution is -2.07. The molecule has 7 heteroatoms. The Morgan fingerprint density at radius 1 is 1.55 bits per heavy atom. The summed E-state index contributed by atoms with van der Waals surface area (Å²) in [5, 5.41) is 8.65. The molecule has 0 unspecified atom stereocenters. The fourth-order valence-corrected chi connectivity index (χ4v) is 2.91. The molecule has 5 nitrogen and oxygen atoms in total. The summed E-state index contributed by atoms with van der Waals surface area (Å²) in [5.74, 6) is -0.262. The van der Waals surface area contributed by atoms with Crippen molar-refractivity contribution in [3.63, 3.8) is 0 Å². The Balaban J connectivity index is 1.88. The standard InChI is InChI=1S/C13H15N3O2S2/c1-3-18-12(17)6-10-8-20-13(15-10)16-14-7-11-9(2)4-5-19-11/h4-5,7-8H,3,6H2,1-2H3,(H,15,16)/b14-7-. The first kappa shape index (κ1) is 14.7. The lowest BCUT2D eigenvalue weighted by molar-refractivity contribution is -0.142. The zero-order valence-corrected chi connectivity index (χ0v) is 12.9. The topological polar surface area (TPSA) is 63.6 Å². The second-order valence-corrected chi connectivity index (χ2v) is 5.77. The summed E-state index contributed by atoms with van der Waals surface area (Å²) in [6, 6.07) is 2.05. The molecular weight excluding hydrogens is 294 g/mol. The van der Waals surface area contributed by atoms with E-state index in [1.54, 1.807) is 24.5 Å². The molecule has 0 amide bonds. The number of thiophene rings is 1. The molecule has 0 aliphatic rings. The van der Waals surface area contributed by atoms with Crippen molar-refractivity contribution in [1.82, 2.24) is 4.98 Å². The number of aromatic nitrogens is 1. The van der Waals surface area contributed by atoms with Gasteiger partial charge in [0.1, 0.15) is 0 Å². The summed E-state index contributed by atoms with van der Waals surface area (Å²) in [4.78, 5) is 16.7. The fraction of sp³-hybridized carbons (Fsp3) is 0.308. The van der Waals surface area contributed by atoms with Crippen LogP contribution in [0.2, 0.25) is 0 Å². The number of carbonyl (C=O) groups is 1. The number of hydrazone groups is 1. The molecule has 0 fully saturated rings. The Morgan fingerprint density at radius 3 is 3.10 bits per heavy atom. The second-order valence-electron chi connectivity index (χ2n) is 3.96. The summed E-state index contributed by atoms with van der Waals surface area (Å²) in [5.41, 5.74) is 4.76. The van der Waals surface area contributed by atoms with Crippen LogP contribution in [0.4, 0.5) is 5.13 Å². The predicted molar refractivity (Wildman–Crippen MR) is 82.7 cm³/mol. The summed E-state index contributed by atoms with van der Waals surface area (Å²) in [6.07, 6.45) is 1.96. The van der Waals surface area contributed by atoms with Crippen molar-refractivity contribution < 1.29 is 9.53 Å². The van der Waals surface area contributed by atoms with Crippen LogP contribution in [0.1, 0.15) is 23.1 Å². The molecule has 0 aromatic carbocycles. The smallest absolute Gasteiger partial charge is 0.311 e. The van der Waals surface area contributed by atoms with Crippen molar-refractivity contribution in [2.24, 2.45) is 5.10 Å². The van der Waals surface area contributed by atoms with Crippen LogP contribution in [-0.4, -0.2) is 23.8 Å². The Bertz CT molecular complexity index is 604. The van der Waals surface area contributed by atoms with Crippen LogP contribution in [0.15, 0.2) is 21.9 Å². The minimum Gasteiger partial charge on any atom is -0.466 e. The van der Waals surface area contributed by atoms with Crippen LogP contribution in [0.25, 0.3) is 0 Å². The molecule has 2 aromatic heterocycles. The molecule has 20 heavy (non-hydrogen) atoms. The molecule has 2 heterocycles. The van der Waals surface area contributed by atoms with Crippen molar-refractivity contribution in [2.75, 3.05) is 12.0 Å². The van der Waals surface area contributed by atoms with Gasteiger partial charge in [-0.05, 0) is 30.9 Å². The monoisotopic (exact) mass is 309 g/mol. The minimum absolute atomic E-state index is 0.194. The lowest BCUT2D eigenvalue weighted by atomic mass is 10.3. The van der Waals surface area contributed by atoms with Gasteiger partial charge in [0.15, 0.2) is 0 Å². The van der Waals surface area contributed by atoms with E-state index in [1.165, 1.54) is 16.9 Å². The van der Waals surface area contributed by atoms with E-state index >= 15 is 0 Å². The predicted octanol–water partition coefficient (Wildman–Crippen LogP) is 3.06. The van der Waals surface area contributed by atoms with E-state index < -0.39 is 0 Å². The fourth-order valence-electron chi connectivity index (χ4n) is 1.46. The van der Waals surface area contributed by atoms with Gasteiger partial charge in [-0.1, -0.05) is 0 Å². The Kier molecular flexibility index (Phi) is 5.25. The third-order valence-electron chi connectivity index (χ3n) is 2.43. The number of thiazole rings is 1. The van der Waals surface area contributed by atoms with Gasteiger partial charge in [0.2, 0.25) is 5.13 Å². The van der Waals surface area contributed by atoms with Crippen molar-refractivity contribution in [3.8, 4) is 0 Å². The molecule has 2 aromatic rings. The molecule has 0 bridgehead atoms. The number of rotatable bonds is 6. The molecular formula is C13H15N3O2S2. The summed E-state index contributed by atoms with van der Waals surface area (Å²) < 4.78 is 4.88. The average Bonchev–Trinajstić information content (AvgIpc) is 3.00. The van der Waals surface area contributed by atoms with Gasteiger partial charge in [-0.3, -0.25) is 10.2 Å². The number of ether oxygens (including phenoxy) is 1. The zero-order chi connectivity index (χ0) is 14.4. The van der Waals surface area contributed by atoms with E-state index in [1.807, 2.05) is 23.8 Å². The van der Waals surface area contributed by atoms with Gasteiger partial charge in [0.25, 0.3) is 0 Å². The number of aryl methyl sites for hydroxylation is 1. The van der Waals surface area contributed by atoms with Crippen LogP contribution in [0, 0.1) is 6.92 Å². The molecule has 0 spiro atoms. The number of esters is 1. The molecule has 106 valence electrons. The van der Waals surface area contributed by atoms with Crippen molar-refractivity contribution in [1.29, 1.82) is 0 Å². The molecule has 0 saturated heterocycles. The van der Waals surface area contributed by atoms with Gasteiger partial charge < -0.3 is 4.74 Å². The minimum atomic E-state index is -0.262. The van der Waals surface area contributed by atoms with Crippen LogP contribution in [0.3, 0.4) is 0 Å². The van der Waals surface area contributed by atoms with Gasteiger partial charge in [0, 0.05) is 10.3 Å². The second kappa shape index (κ2) is 7.16. The van der Waals surface area contributed by atoms with Crippen molar-refractivity contribution in [3.05, 3.63) is 33.0 Å². The first-order chi connectivity index (χ1) is 9.69. The summed E-state index contributed by atoms with van der Waals surface area (Å²) in [7, 11) is 0. The molecule has 2 rings (SSSR count). The van der Waals surface area contributed by atoms with Gasteiger partial charge in [-0.2, -0.15) is 5.10 Å². The van der Waals surface area contributed by atoms with Gasteiger partial charge >= 0.3 is 5.97 Å². The maximum atomic E-state index is 11.3. The number of hydrogen-bond acceptors (Lipinski definition) is 7. The molecule has 0 radical (unpaired) electrons. The summed E-state index contributed by atoms with van der Waals surface area (Å²) >= 11 is 3.05. The van der Waals surface area contributed by atoms with Crippen molar-refractivity contribution in [2.45, 2.75) is 20.3 Å². The highest BCUT2D eigenvalue weighted by atomic mass is 32.1. The molecule has 0 atom stereocenters. The van der Waals surface area contributed by atoms with Crippen LogP contribution < -0.4 is 5.43 Å².